The minimum Gasteiger partial charge on any atom is -0.466 e. The normalized spacial score (nSPS) is 35.6. The quantitative estimate of drug-likeness (QED) is 0.276. The van der Waals surface area contributed by atoms with Gasteiger partial charge >= 0.3 is 5.97 Å². The van der Waals surface area contributed by atoms with E-state index in [9.17, 15) is 4.79 Å². The summed E-state index contributed by atoms with van der Waals surface area (Å²) in [6.45, 7) is 14.2. The molecule has 4 saturated heterocycles. The number of hydrogen-bond donors (Lipinski definition) is 1. The highest BCUT2D eigenvalue weighted by atomic mass is 16.9. The van der Waals surface area contributed by atoms with E-state index in [1.54, 1.807) is 13.0 Å². The Morgan fingerprint density at radius 3 is 2.29 bits per heavy atom. The molecule has 0 bridgehead atoms. The average molecular weight is 578 g/mol. The molecule has 4 heterocycles. The number of rotatable bonds is 13. The number of carbonyl (C=O) groups is 1. The molecule has 11 nitrogen and oxygen atoms in total. The molecule has 0 radical (unpaired) electrons. The van der Waals surface area contributed by atoms with Crippen molar-refractivity contribution >= 4 is 5.97 Å². The Balaban J connectivity index is 1.31. The predicted octanol–water partition coefficient (Wildman–Crippen LogP) is 2.81. The van der Waals surface area contributed by atoms with E-state index in [0.29, 0.717) is 19.8 Å². The van der Waals surface area contributed by atoms with E-state index in [-0.39, 0.29) is 19.0 Å². The van der Waals surface area contributed by atoms with Crippen LogP contribution >= 0.6 is 0 Å². The van der Waals surface area contributed by atoms with Crippen LogP contribution in [0, 0.1) is 0 Å². The molecule has 9 atom stereocenters. The van der Waals surface area contributed by atoms with Gasteiger partial charge in [0.2, 0.25) is 0 Å². The second-order valence-corrected chi connectivity index (χ2v) is 11.6. The van der Waals surface area contributed by atoms with Gasteiger partial charge in [-0.1, -0.05) is 36.4 Å². The minimum absolute atomic E-state index is 0.0461. The molecule has 0 amide bonds. The van der Waals surface area contributed by atoms with Crippen LogP contribution in [0.4, 0.5) is 0 Å². The molecular weight excluding hydrogens is 534 g/mol. The zero-order valence-electron chi connectivity index (χ0n) is 24.5. The van der Waals surface area contributed by atoms with E-state index in [2.05, 4.69) is 11.9 Å². The fourth-order valence-electron chi connectivity index (χ4n) is 5.85. The van der Waals surface area contributed by atoms with Gasteiger partial charge in [0.05, 0.1) is 26.2 Å². The standard InChI is InChI=1S/C30H43NO10/c1-7-14-34-24-22(37-28-26(24)39-30(5,6)41-28)19(15-21(32)33-8-2)31-16-20-23(35-17-18-12-10-9-11-13-18)25-27(36-20)40-29(3,4)38-25/h7,9-13,19-20,22-28,31H,1,8,14-17H2,2-6H3/t19-,20+,22-,23-,24-,25+,26+,27+,28+/m0/s1. The van der Waals surface area contributed by atoms with Crippen molar-refractivity contribution in [2.45, 2.75) is 114 Å². The predicted molar refractivity (Wildman–Crippen MR) is 145 cm³/mol. The van der Waals surface area contributed by atoms with Crippen LogP contribution in [0.5, 0.6) is 0 Å². The van der Waals surface area contributed by atoms with Crippen LogP contribution < -0.4 is 5.32 Å². The molecule has 228 valence electrons. The summed E-state index contributed by atoms with van der Waals surface area (Å²) in [5.41, 5.74) is 1.04. The van der Waals surface area contributed by atoms with Crippen LogP contribution in [0.2, 0.25) is 0 Å². The van der Waals surface area contributed by atoms with Crippen molar-refractivity contribution in [2.24, 2.45) is 0 Å². The molecule has 11 heteroatoms. The number of ether oxygens (including phenoxy) is 9. The Morgan fingerprint density at radius 2 is 1.63 bits per heavy atom. The largest absolute Gasteiger partial charge is 0.466 e. The molecule has 0 aromatic heterocycles. The van der Waals surface area contributed by atoms with Gasteiger partial charge in [0, 0.05) is 12.6 Å². The summed E-state index contributed by atoms with van der Waals surface area (Å²) in [6.07, 6.45) is -2.27. The first-order valence-electron chi connectivity index (χ1n) is 14.4. The van der Waals surface area contributed by atoms with Gasteiger partial charge in [0.1, 0.15) is 36.6 Å². The molecule has 1 aromatic carbocycles. The van der Waals surface area contributed by atoms with E-state index < -0.39 is 66.8 Å². The Hall–Kier alpha value is -1.93. The highest BCUT2D eigenvalue weighted by molar-refractivity contribution is 5.70. The molecule has 0 aliphatic carbocycles. The molecule has 4 aliphatic rings. The van der Waals surface area contributed by atoms with E-state index >= 15 is 0 Å². The van der Waals surface area contributed by atoms with Crippen molar-refractivity contribution in [1.82, 2.24) is 5.32 Å². The monoisotopic (exact) mass is 577 g/mol. The number of nitrogens with one attached hydrogen (secondary N) is 1. The molecule has 4 fully saturated rings. The van der Waals surface area contributed by atoms with Crippen LogP contribution in [0.1, 0.15) is 46.6 Å². The van der Waals surface area contributed by atoms with Crippen LogP contribution in [0.25, 0.3) is 0 Å². The first-order valence-corrected chi connectivity index (χ1v) is 14.4. The van der Waals surface area contributed by atoms with Crippen molar-refractivity contribution in [3.8, 4) is 0 Å². The third-order valence-electron chi connectivity index (χ3n) is 7.48. The van der Waals surface area contributed by atoms with Gasteiger partial charge < -0.3 is 47.9 Å². The lowest BCUT2D eigenvalue weighted by Gasteiger charge is -2.32. The first kappa shape index (κ1) is 30.5. The van der Waals surface area contributed by atoms with Crippen molar-refractivity contribution in [3.05, 3.63) is 48.6 Å². The lowest BCUT2D eigenvalue weighted by Crippen LogP contribution is -2.52. The Labute approximate surface area is 241 Å². The summed E-state index contributed by atoms with van der Waals surface area (Å²) in [7, 11) is 0. The lowest BCUT2D eigenvalue weighted by atomic mass is 9.99. The number of hydrogen-bond acceptors (Lipinski definition) is 11. The maximum atomic E-state index is 12.7. The summed E-state index contributed by atoms with van der Waals surface area (Å²) in [4.78, 5) is 12.7. The van der Waals surface area contributed by atoms with Gasteiger partial charge in [-0.05, 0) is 40.2 Å². The Bertz CT molecular complexity index is 1040. The highest BCUT2D eigenvalue weighted by Gasteiger charge is 2.58. The van der Waals surface area contributed by atoms with Crippen molar-refractivity contribution in [3.63, 3.8) is 0 Å². The number of carbonyl (C=O) groups excluding carboxylic acids is 1. The van der Waals surface area contributed by atoms with Crippen molar-refractivity contribution in [1.29, 1.82) is 0 Å². The molecule has 0 unspecified atom stereocenters. The third kappa shape index (κ3) is 7.18. The van der Waals surface area contributed by atoms with Gasteiger partial charge in [-0.15, -0.1) is 6.58 Å². The maximum Gasteiger partial charge on any atom is 0.307 e. The number of fused-ring (bicyclic) bond motifs is 2. The van der Waals surface area contributed by atoms with Crippen molar-refractivity contribution in [2.75, 3.05) is 19.8 Å². The molecule has 4 aliphatic heterocycles. The number of benzene rings is 1. The van der Waals surface area contributed by atoms with Gasteiger partial charge in [-0.2, -0.15) is 0 Å². The van der Waals surface area contributed by atoms with Crippen LogP contribution in [-0.2, 0) is 54.0 Å². The molecule has 41 heavy (non-hydrogen) atoms. The molecule has 0 spiro atoms. The van der Waals surface area contributed by atoms with Gasteiger partial charge in [0.25, 0.3) is 0 Å². The third-order valence-corrected chi connectivity index (χ3v) is 7.48. The number of esters is 1. The van der Waals surface area contributed by atoms with E-state index in [0.717, 1.165) is 5.56 Å². The lowest BCUT2D eigenvalue weighted by molar-refractivity contribution is -0.223. The summed E-state index contributed by atoms with van der Waals surface area (Å²) >= 11 is 0. The Kier molecular flexibility index (Phi) is 9.49. The Morgan fingerprint density at radius 1 is 0.976 bits per heavy atom. The van der Waals surface area contributed by atoms with Crippen LogP contribution in [0.15, 0.2) is 43.0 Å². The van der Waals surface area contributed by atoms with Gasteiger partial charge in [-0.3, -0.25) is 4.79 Å². The topological polar surface area (TPSA) is 112 Å². The summed E-state index contributed by atoms with van der Waals surface area (Å²) in [6, 6.07) is 9.43. The second kappa shape index (κ2) is 12.7. The molecule has 0 saturated carbocycles. The first-order chi connectivity index (χ1) is 19.6. The second-order valence-electron chi connectivity index (χ2n) is 11.6. The van der Waals surface area contributed by atoms with Gasteiger partial charge in [0.15, 0.2) is 24.2 Å². The van der Waals surface area contributed by atoms with Crippen LogP contribution in [0.3, 0.4) is 0 Å². The summed E-state index contributed by atoms with van der Waals surface area (Å²) in [5, 5.41) is 3.49. The highest BCUT2D eigenvalue weighted by Crippen LogP contribution is 2.41. The van der Waals surface area contributed by atoms with Gasteiger partial charge in [-0.25, -0.2) is 0 Å². The zero-order valence-corrected chi connectivity index (χ0v) is 24.5. The fourth-order valence-corrected chi connectivity index (χ4v) is 5.85. The SMILES string of the molecule is C=CCO[C@H]1[C@H]([C@H](CC(=O)OCC)NC[C@H]2O[C@@H]3OC(C)(C)O[C@@H]3[C@H]2OCc2ccccc2)O[C@@H]2OC(C)(C)O[C@@H]21. The smallest absolute Gasteiger partial charge is 0.307 e. The fraction of sp³-hybridized carbons (Fsp3) is 0.700. The van der Waals surface area contributed by atoms with Crippen molar-refractivity contribution < 1.29 is 47.4 Å². The maximum absolute atomic E-state index is 12.7. The molecule has 5 rings (SSSR count). The summed E-state index contributed by atoms with van der Waals surface area (Å²) < 4.78 is 54.7. The van der Waals surface area contributed by atoms with E-state index in [4.69, 9.17) is 42.6 Å². The van der Waals surface area contributed by atoms with E-state index in [1.807, 2.05) is 58.0 Å². The summed E-state index contributed by atoms with van der Waals surface area (Å²) in [5.74, 6) is -1.95. The molecule has 1 N–H and O–H groups in total. The zero-order chi connectivity index (χ0) is 29.2. The molecule has 1 aromatic rings. The van der Waals surface area contributed by atoms with E-state index in [1.165, 1.54) is 0 Å². The minimum atomic E-state index is -0.813. The molecular formula is C30H43NO10. The van der Waals surface area contributed by atoms with Crippen LogP contribution in [-0.4, -0.2) is 92.5 Å². The average Bonchev–Trinajstić information content (AvgIpc) is 3.59.